The van der Waals surface area contributed by atoms with Crippen molar-refractivity contribution in [2.45, 2.75) is 177 Å². The number of rotatable bonds is 0. The lowest BCUT2D eigenvalue weighted by molar-refractivity contribution is -0.231. The molecule has 0 amide bonds. The van der Waals surface area contributed by atoms with E-state index in [1.807, 2.05) is 26.0 Å². The van der Waals surface area contributed by atoms with Gasteiger partial charge in [0.15, 0.2) is 17.3 Å². The number of allylic oxidation sites excluding steroid dienone is 5. The molecular formula is C56H70O7. The molecule has 63 heavy (non-hydrogen) atoms. The van der Waals surface area contributed by atoms with E-state index >= 15 is 0 Å². The summed E-state index contributed by atoms with van der Waals surface area (Å²) < 4.78 is 13.8. The highest BCUT2D eigenvalue weighted by Gasteiger charge is 2.72. The molecule has 0 saturated heterocycles. The minimum Gasteiger partial charge on any atom is -0.471 e. The predicted molar refractivity (Wildman–Crippen MR) is 242 cm³/mol. The van der Waals surface area contributed by atoms with Crippen LogP contribution in [0.1, 0.15) is 175 Å². The number of carbonyl (C=O) groups excluding carboxylic acids is 4. The van der Waals surface area contributed by atoms with Crippen molar-refractivity contribution < 1.29 is 33.8 Å². The normalized spacial score (nSPS) is 50.3. The monoisotopic (exact) mass is 855 g/mol. The minimum atomic E-state index is -2.35. The lowest BCUT2D eigenvalue weighted by atomic mass is 9.35. The van der Waals surface area contributed by atoms with Crippen molar-refractivity contribution in [3.63, 3.8) is 0 Å². The first-order valence-corrected chi connectivity index (χ1v) is 24.5. The average molecular weight is 855 g/mol. The molecule has 1 aromatic carbocycles. The molecule has 7 heteroatoms. The number of fused-ring (bicyclic) bond motifs is 17. The Morgan fingerprint density at radius 2 is 1.16 bits per heavy atom. The van der Waals surface area contributed by atoms with E-state index in [0.717, 1.165) is 80.9 Å². The highest BCUT2D eigenvalue weighted by Crippen LogP contribution is 2.77. The molecule has 14 unspecified atom stereocenters. The molecule has 10 aliphatic rings. The van der Waals surface area contributed by atoms with E-state index in [-0.39, 0.29) is 55.9 Å². The van der Waals surface area contributed by atoms with Gasteiger partial charge in [0.25, 0.3) is 0 Å². The Bertz CT molecular complexity index is 2540. The molecule has 0 aromatic heterocycles. The summed E-state index contributed by atoms with van der Waals surface area (Å²) in [6.07, 6.45) is 18.6. The molecule has 6 saturated carbocycles. The lowest BCUT2D eigenvalue weighted by Crippen LogP contribution is -2.70. The van der Waals surface area contributed by atoms with Crippen molar-refractivity contribution >= 4 is 23.1 Å². The van der Waals surface area contributed by atoms with Gasteiger partial charge in [-0.1, -0.05) is 87.0 Å². The quantitative estimate of drug-likeness (QED) is 0.277. The van der Waals surface area contributed by atoms with Gasteiger partial charge in [-0.3, -0.25) is 19.2 Å². The molecule has 0 spiro atoms. The molecule has 1 N–H and O–H groups in total. The number of carbonyl (C=O) groups is 4. The van der Waals surface area contributed by atoms with Crippen LogP contribution < -0.4 is 9.47 Å². The molecule has 11 rings (SSSR count). The average Bonchev–Trinajstić information content (AvgIpc) is 3.21. The summed E-state index contributed by atoms with van der Waals surface area (Å²) in [5.41, 5.74) is 3.27. The van der Waals surface area contributed by atoms with Crippen LogP contribution in [0.15, 0.2) is 52.7 Å². The third-order valence-corrected chi connectivity index (χ3v) is 22.5. The molecule has 6 fully saturated rings. The van der Waals surface area contributed by atoms with Crippen LogP contribution >= 0.6 is 0 Å². The molecule has 1 heterocycles. The molecule has 1 aliphatic heterocycles. The Balaban J connectivity index is 0.996. The summed E-state index contributed by atoms with van der Waals surface area (Å²) in [7, 11) is 0. The highest BCUT2D eigenvalue weighted by atomic mass is 16.7. The van der Waals surface area contributed by atoms with Gasteiger partial charge in [-0.05, 0) is 157 Å². The standard InChI is InChI=1S/C56H70O7/c1-30-23-41-47(4,28-37(30)58)15-19-51(8)40-14-13-33-34(49(40,6)17-21-52(41,51)9)26-44(60)56(61)55(33,12)62-39-25-35-45(32(3)46(39)63-56)36(57)27-43-50(35,7)18-22-53(10)42-24-31(2)38(59)29-48(42,5)16-20-54(43,53)11/h13-14,25-27,30-31,41-42,61H,15-24,28-29H2,1-12H3. The maximum Gasteiger partial charge on any atom is 0.317 e. The van der Waals surface area contributed by atoms with E-state index in [2.05, 4.69) is 81.4 Å². The number of aliphatic hydroxyl groups is 1. The Kier molecular flexibility index (Phi) is 8.05. The molecule has 0 bridgehead atoms. The van der Waals surface area contributed by atoms with Crippen molar-refractivity contribution in [3.8, 4) is 11.5 Å². The Labute approximate surface area is 375 Å². The summed E-state index contributed by atoms with van der Waals surface area (Å²) in [6, 6.07) is 2.02. The Morgan fingerprint density at radius 3 is 1.73 bits per heavy atom. The van der Waals surface area contributed by atoms with Crippen molar-refractivity contribution in [3.05, 3.63) is 69.4 Å². The minimum absolute atomic E-state index is 0.00928. The van der Waals surface area contributed by atoms with Crippen LogP contribution in [0.5, 0.6) is 11.5 Å². The zero-order chi connectivity index (χ0) is 45.2. The van der Waals surface area contributed by atoms with Crippen LogP contribution in [0.25, 0.3) is 0 Å². The third-order valence-electron chi connectivity index (χ3n) is 22.5. The SMILES string of the molecule is Cc1c2c(cc3c1C(=O)C=C1C3(C)CCC3(C)C4CC(C)C(=O)CC4(C)CCC13C)OC1(C)C3=CC=C4C(C)(CCC5(C)C6CC(C)C(=O)CC6(C)CCC45C)C3=CC(=O)C1(O)O2. The zero-order valence-corrected chi connectivity index (χ0v) is 40.1. The molecular weight excluding hydrogens is 785 g/mol. The molecule has 14 atom stereocenters. The second-order valence-electron chi connectivity index (χ2n) is 25.3. The second-order valence-corrected chi connectivity index (χ2v) is 25.3. The van der Waals surface area contributed by atoms with Crippen molar-refractivity contribution in [2.24, 2.45) is 61.6 Å². The van der Waals surface area contributed by atoms with Gasteiger partial charge in [-0.2, -0.15) is 0 Å². The van der Waals surface area contributed by atoms with E-state index < -0.39 is 28.0 Å². The van der Waals surface area contributed by atoms with Crippen molar-refractivity contribution in [1.29, 1.82) is 0 Å². The van der Waals surface area contributed by atoms with Gasteiger partial charge in [-0.25, -0.2) is 0 Å². The summed E-state index contributed by atoms with van der Waals surface area (Å²) in [4.78, 5) is 55.6. The number of hydrogen-bond acceptors (Lipinski definition) is 7. The Morgan fingerprint density at radius 1 is 0.619 bits per heavy atom. The van der Waals surface area contributed by atoms with Crippen LogP contribution in [0.3, 0.4) is 0 Å². The van der Waals surface area contributed by atoms with Crippen LogP contribution in [0.2, 0.25) is 0 Å². The van der Waals surface area contributed by atoms with E-state index in [1.54, 1.807) is 6.08 Å². The predicted octanol–water partition coefficient (Wildman–Crippen LogP) is 11.4. The van der Waals surface area contributed by atoms with Gasteiger partial charge in [0.2, 0.25) is 11.4 Å². The number of hydrogen-bond donors (Lipinski definition) is 1. The Hall–Kier alpha value is -3.58. The fourth-order valence-corrected chi connectivity index (χ4v) is 17.9. The zero-order valence-electron chi connectivity index (χ0n) is 40.1. The summed E-state index contributed by atoms with van der Waals surface area (Å²) in [6.45, 7) is 27.0. The van der Waals surface area contributed by atoms with Crippen LogP contribution in [0.4, 0.5) is 0 Å². The first-order valence-electron chi connectivity index (χ1n) is 24.5. The maximum atomic E-state index is 14.7. The van der Waals surface area contributed by atoms with Gasteiger partial charge in [0, 0.05) is 52.2 Å². The van der Waals surface area contributed by atoms with Crippen LogP contribution in [0, 0.1) is 68.5 Å². The number of Topliss-reactive ketones (excluding diaryl/α,β-unsaturated/α-hetero) is 2. The number of benzene rings is 1. The van der Waals surface area contributed by atoms with Gasteiger partial charge >= 0.3 is 5.79 Å². The van der Waals surface area contributed by atoms with E-state index in [1.165, 1.54) is 11.1 Å². The van der Waals surface area contributed by atoms with Crippen molar-refractivity contribution in [2.75, 3.05) is 0 Å². The number of ether oxygens (including phenoxy) is 2. The highest BCUT2D eigenvalue weighted by molar-refractivity contribution is 6.10. The summed E-state index contributed by atoms with van der Waals surface area (Å²) in [5.74, 6) is -0.543. The van der Waals surface area contributed by atoms with E-state index in [9.17, 15) is 24.3 Å². The van der Waals surface area contributed by atoms with E-state index in [0.29, 0.717) is 53.1 Å². The smallest absolute Gasteiger partial charge is 0.317 e. The van der Waals surface area contributed by atoms with Gasteiger partial charge in [0.05, 0.1) is 0 Å². The second kappa shape index (κ2) is 12.1. The molecule has 9 aliphatic carbocycles. The third kappa shape index (κ3) is 4.63. The fraction of sp³-hybridized carbons (Fsp3) is 0.679. The first kappa shape index (κ1) is 42.1. The molecule has 7 nitrogen and oxygen atoms in total. The van der Waals surface area contributed by atoms with Crippen LogP contribution in [-0.4, -0.2) is 39.6 Å². The molecule has 1 aromatic rings. The maximum absolute atomic E-state index is 14.7. The lowest BCUT2D eigenvalue weighted by Gasteiger charge is -2.69. The van der Waals surface area contributed by atoms with Crippen LogP contribution in [-0.2, 0) is 19.8 Å². The molecule has 0 radical (unpaired) electrons. The number of ketones is 4. The summed E-state index contributed by atoms with van der Waals surface area (Å²) >= 11 is 0. The largest absolute Gasteiger partial charge is 0.471 e. The first-order chi connectivity index (χ1) is 29.2. The summed E-state index contributed by atoms with van der Waals surface area (Å²) in [5, 5.41) is 12.7. The van der Waals surface area contributed by atoms with Gasteiger partial charge in [0.1, 0.15) is 11.6 Å². The topological polar surface area (TPSA) is 107 Å². The van der Waals surface area contributed by atoms with E-state index in [4.69, 9.17) is 9.47 Å². The molecule has 336 valence electrons. The van der Waals surface area contributed by atoms with Gasteiger partial charge in [-0.15, -0.1) is 0 Å². The van der Waals surface area contributed by atoms with Gasteiger partial charge < -0.3 is 14.6 Å². The fourth-order valence-electron chi connectivity index (χ4n) is 17.9. The van der Waals surface area contributed by atoms with Crippen molar-refractivity contribution in [1.82, 2.24) is 0 Å².